The first-order valence-corrected chi connectivity index (χ1v) is 7.96. The van der Waals surface area contributed by atoms with Crippen LogP contribution in [0.1, 0.15) is 17.2 Å². The third-order valence-electron chi connectivity index (χ3n) is 2.30. The van der Waals surface area contributed by atoms with Gasteiger partial charge in [0.25, 0.3) is 0 Å². The molecule has 0 spiro atoms. The van der Waals surface area contributed by atoms with E-state index in [1.165, 1.54) is 0 Å². The van der Waals surface area contributed by atoms with E-state index in [0.717, 1.165) is 11.8 Å². The molecule has 1 aromatic rings. The number of alkyl halides is 2. The van der Waals surface area contributed by atoms with Crippen molar-refractivity contribution in [2.45, 2.75) is 15.6 Å². The van der Waals surface area contributed by atoms with E-state index in [9.17, 15) is 13.5 Å². The summed E-state index contributed by atoms with van der Waals surface area (Å²) in [7, 11) is -3.48. The zero-order chi connectivity index (χ0) is 12.6. The van der Waals surface area contributed by atoms with Crippen LogP contribution in [0.15, 0.2) is 24.3 Å². The van der Waals surface area contributed by atoms with Crippen LogP contribution in [0.3, 0.4) is 0 Å². The van der Waals surface area contributed by atoms with Crippen molar-refractivity contribution < 1.29 is 13.5 Å². The molecule has 0 heterocycles. The van der Waals surface area contributed by atoms with Gasteiger partial charge in [-0.05, 0) is 18.1 Å². The Labute approximate surface area is 112 Å². The molecule has 0 aliphatic carbocycles. The van der Waals surface area contributed by atoms with Crippen LogP contribution in [-0.2, 0) is 9.84 Å². The fourth-order valence-electron chi connectivity index (χ4n) is 1.28. The minimum Gasteiger partial charge on any atom is -0.385 e. The zero-order valence-corrected chi connectivity index (χ0v) is 12.8. The van der Waals surface area contributed by atoms with Crippen LogP contribution < -0.4 is 0 Å². The predicted octanol–water partition coefficient (Wildman–Crippen LogP) is 2.52. The first-order valence-electron chi connectivity index (χ1n) is 4.49. The van der Waals surface area contributed by atoms with Crippen molar-refractivity contribution in [3.05, 3.63) is 35.4 Å². The number of halogens is 2. The smallest absolute Gasteiger partial charge is 0.210 e. The minimum absolute atomic E-state index is 0.571. The van der Waals surface area contributed by atoms with E-state index in [1.807, 2.05) is 19.1 Å². The van der Waals surface area contributed by atoms with Gasteiger partial charge in [-0.25, -0.2) is 8.42 Å². The highest BCUT2D eigenvalue weighted by atomic mass is 79.9. The number of aliphatic hydroxyl groups excluding tert-OH is 1. The molecule has 0 radical (unpaired) electrons. The van der Waals surface area contributed by atoms with E-state index in [-0.39, 0.29) is 0 Å². The van der Waals surface area contributed by atoms with Crippen molar-refractivity contribution in [3.63, 3.8) is 0 Å². The summed E-state index contributed by atoms with van der Waals surface area (Å²) in [6.45, 7) is 1.82. The monoisotopic (exact) mass is 370 g/mol. The van der Waals surface area contributed by atoms with E-state index < -0.39 is 18.5 Å². The Morgan fingerprint density at radius 2 is 1.81 bits per heavy atom. The van der Waals surface area contributed by atoms with Gasteiger partial charge >= 0.3 is 0 Å². The summed E-state index contributed by atoms with van der Waals surface area (Å²) in [5.41, 5.74) is 1.41. The maximum absolute atomic E-state index is 11.5. The first kappa shape index (κ1) is 14.2. The molecule has 0 fully saturated rings. The Bertz CT molecular complexity index is 483. The van der Waals surface area contributed by atoms with Gasteiger partial charge in [0.05, 0.1) is 0 Å². The average Bonchev–Trinajstić information content (AvgIpc) is 2.15. The molecule has 0 saturated heterocycles. The van der Waals surface area contributed by atoms with E-state index in [2.05, 4.69) is 31.9 Å². The van der Waals surface area contributed by atoms with Crippen molar-refractivity contribution in [1.82, 2.24) is 0 Å². The quantitative estimate of drug-likeness (QED) is 0.830. The molecule has 1 aromatic carbocycles. The van der Waals surface area contributed by atoms with Gasteiger partial charge < -0.3 is 5.11 Å². The summed E-state index contributed by atoms with van der Waals surface area (Å²) in [5.74, 6) is 0. The molecule has 1 N–H and O–H groups in total. The second-order valence-electron chi connectivity index (χ2n) is 3.59. The molecule has 1 unspecified atom stereocenters. The number of benzene rings is 1. The molecular formula is C10H12Br2O3S. The van der Waals surface area contributed by atoms with Crippen LogP contribution in [0.25, 0.3) is 0 Å². The van der Waals surface area contributed by atoms with Gasteiger partial charge in [-0.3, -0.25) is 0 Å². The highest BCUT2D eigenvalue weighted by Gasteiger charge is 2.43. The predicted molar refractivity (Wildman–Crippen MR) is 71.6 cm³/mol. The lowest BCUT2D eigenvalue weighted by molar-refractivity contribution is 0.188. The maximum Gasteiger partial charge on any atom is 0.210 e. The second kappa shape index (κ2) is 4.76. The molecule has 16 heavy (non-hydrogen) atoms. The van der Waals surface area contributed by atoms with Crippen LogP contribution in [0.4, 0.5) is 0 Å². The molecule has 0 aromatic heterocycles. The van der Waals surface area contributed by atoms with Crippen molar-refractivity contribution in [3.8, 4) is 0 Å². The highest BCUT2D eigenvalue weighted by molar-refractivity contribution is 9.27. The Morgan fingerprint density at radius 3 is 2.25 bits per heavy atom. The van der Waals surface area contributed by atoms with Gasteiger partial charge in [0, 0.05) is 6.26 Å². The van der Waals surface area contributed by atoms with Gasteiger partial charge in [0.15, 0.2) is 9.84 Å². The summed E-state index contributed by atoms with van der Waals surface area (Å²) < 4.78 is 21.5. The molecule has 0 saturated carbocycles. The number of rotatable bonds is 3. The zero-order valence-electron chi connectivity index (χ0n) is 8.81. The normalized spacial score (nSPS) is 14.8. The maximum atomic E-state index is 11.5. The Morgan fingerprint density at radius 1 is 1.31 bits per heavy atom. The Balaban J connectivity index is 3.23. The molecule has 0 amide bonds. The lowest BCUT2D eigenvalue weighted by atomic mass is 10.1. The van der Waals surface area contributed by atoms with Crippen LogP contribution in [-0.4, -0.2) is 22.3 Å². The van der Waals surface area contributed by atoms with Crippen LogP contribution in [0.2, 0.25) is 0 Å². The Hall–Kier alpha value is 0.0900. The van der Waals surface area contributed by atoms with E-state index >= 15 is 0 Å². The third kappa shape index (κ3) is 2.67. The lowest BCUT2D eigenvalue weighted by Gasteiger charge is -2.26. The highest BCUT2D eigenvalue weighted by Crippen LogP contribution is 2.44. The van der Waals surface area contributed by atoms with Gasteiger partial charge in [-0.1, -0.05) is 56.1 Å². The van der Waals surface area contributed by atoms with Crippen molar-refractivity contribution in [2.24, 2.45) is 0 Å². The van der Waals surface area contributed by atoms with Gasteiger partial charge in [-0.15, -0.1) is 0 Å². The van der Waals surface area contributed by atoms with Gasteiger partial charge in [0.1, 0.15) is 6.10 Å². The third-order valence-corrected chi connectivity index (χ3v) is 7.90. The summed E-state index contributed by atoms with van der Waals surface area (Å²) >= 11 is 6.03. The first-order chi connectivity index (χ1) is 7.18. The van der Waals surface area contributed by atoms with Gasteiger partial charge in [0.2, 0.25) is 2.57 Å². The van der Waals surface area contributed by atoms with E-state index in [4.69, 9.17) is 0 Å². The SMILES string of the molecule is Cc1ccccc1C(O)C(Br)(Br)S(C)(=O)=O. The number of aryl methyl sites for hydroxylation is 1. The van der Waals surface area contributed by atoms with E-state index in [1.54, 1.807) is 12.1 Å². The largest absolute Gasteiger partial charge is 0.385 e. The van der Waals surface area contributed by atoms with E-state index in [0.29, 0.717) is 5.56 Å². The topological polar surface area (TPSA) is 54.4 Å². The van der Waals surface area contributed by atoms with Crippen molar-refractivity contribution in [2.75, 3.05) is 6.26 Å². The fourth-order valence-corrected chi connectivity index (χ4v) is 2.30. The number of sulfone groups is 1. The molecule has 90 valence electrons. The molecule has 6 heteroatoms. The molecule has 0 aliphatic heterocycles. The summed E-state index contributed by atoms with van der Waals surface area (Å²) in [5, 5.41) is 10.1. The van der Waals surface area contributed by atoms with Crippen molar-refractivity contribution >= 4 is 41.7 Å². The molecule has 1 atom stereocenters. The number of hydrogen-bond donors (Lipinski definition) is 1. The molecule has 3 nitrogen and oxygen atoms in total. The summed E-state index contributed by atoms with van der Waals surface area (Å²) in [4.78, 5) is 0. The van der Waals surface area contributed by atoms with Crippen molar-refractivity contribution in [1.29, 1.82) is 0 Å². The van der Waals surface area contributed by atoms with Crippen LogP contribution in [0.5, 0.6) is 0 Å². The van der Waals surface area contributed by atoms with Crippen LogP contribution >= 0.6 is 31.9 Å². The Kier molecular flexibility index (Phi) is 4.21. The minimum atomic E-state index is -3.48. The molecule has 0 aliphatic rings. The fraction of sp³-hybridized carbons (Fsp3) is 0.400. The standard InChI is InChI=1S/C10H12Br2O3S/c1-7-5-3-4-6-8(7)9(13)10(11,12)16(2,14)15/h3-6,9,13H,1-2H3. The average molecular weight is 372 g/mol. The molecule has 1 rings (SSSR count). The molecular weight excluding hydrogens is 360 g/mol. The lowest BCUT2D eigenvalue weighted by Crippen LogP contribution is -2.31. The second-order valence-corrected chi connectivity index (χ2v) is 10.4. The number of aliphatic hydroxyl groups is 1. The van der Waals surface area contributed by atoms with Crippen LogP contribution in [0, 0.1) is 6.92 Å². The number of hydrogen-bond acceptors (Lipinski definition) is 3. The van der Waals surface area contributed by atoms with Gasteiger partial charge in [-0.2, -0.15) is 0 Å². The summed E-state index contributed by atoms with van der Waals surface area (Å²) in [6, 6.07) is 7.10. The molecule has 0 bridgehead atoms. The summed E-state index contributed by atoms with van der Waals surface area (Å²) in [6.07, 6.45) is -0.124.